The third-order valence-electron chi connectivity index (χ3n) is 15.3. The van der Waals surface area contributed by atoms with Crippen LogP contribution in [0.5, 0.6) is 0 Å². The lowest BCUT2D eigenvalue weighted by molar-refractivity contribution is 0.590. The Hall–Kier alpha value is -9.74. The third-order valence-corrected chi connectivity index (χ3v) is 15.3. The zero-order chi connectivity index (χ0) is 53.7. The van der Waals surface area contributed by atoms with Gasteiger partial charge in [-0.05, 0) is 185 Å². The van der Waals surface area contributed by atoms with Gasteiger partial charge in [0.25, 0.3) is 0 Å². The van der Waals surface area contributed by atoms with E-state index in [0.717, 1.165) is 89.4 Å². The SMILES string of the molecule is CC(C)(C)c1ccc(N(c2cc(-c3ccccc3)cc(-c3ccc(C#N)cc3)c2)c2ccc3ccc4c(N(c5ccc(C(C)(C)C)cc5)c5cc(-c6ccccc6)cc(-c6ccc(C#N)cc6)c5)ccc5ccc2c3c54)cc1. The van der Waals surface area contributed by atoms with Gasteiger partial charge in [0.15, 0.2) is 0 Å². The van der Waals surface area contributed by atoms with E-state index >= 15 is 0 Å². The monoisotopic (exact) mass is 1000 g/mol. The zero-order valence-corrected chi connectivity index (χ0v) is 44.9. The molecule has 4 nitrogen and oxygen atoms in total. The lowest BCUT2D eigenvalue weighted by Gasteiger charge is -2.31. The van der Waals surface area contributed by atoms with Crippen molar-refractivity contribution >= 4 is 66.4 Å². The Morgan fingerprint density at radius 1 is 0.295 bits per heavy atom. The minimum atomic E-state index is -0.0272. The first-order chi connectivity index (χ1) is 37.8. The normalized spacial score (nSPS) is 11.7. The number of nitrogens with zero attached hydrogens (tertiary/aromatic N) is 4. The van der Waals surface area contributed by atoms with Crippen LogP contribution in [0.2, 0.25) is 0 Å². The highest BCUT2D eigenvalue weighted by Gasteiger charge is 2.25. The first-order valence-corrected chi connectivity index (χ1v) is 26.8. The molecule has 78 heavy (non-hydrogen) atoms. The van der Waals surface area contributed by atoms with E-state index in [1.165, 1.54) is 32.7 Å². The Kier molecular flexibility index (Phi) is 12.4. The molecule has 0 spiro atoms. The van der Waals surface area contributed by atoms with Gasteiger partial charge in [-0.15, -0.1) is 0 Å². The fraction of sp³-hybridized carbons (Fsp3) is 0.108. The quantitative estimate of drug-likeness (QED) is 0.128. The fourth-order valence-corrected chi connectivity index (χ4v) is 11.1. The lowest BCUT2D eigenvalue weighted by atomic mass is 9.87. The smallest absolute Gasteiger partial charge is 0.0991 e. The van der Waals surface area contributed by atoms with Crippen LogP contribution in [-0.2, 0) is 10.8 Å². The van der Waals surface area contributed by atoms with E-state index in [1.54, 1.807) is 0 Å². The maximum absolute atomic E-state index is 9.75. The predicted octanol–water partition coefficient (Wildman–Crippen LogP) is 20.5. The predicted molar refractivity (Wildman–Crippen MR) is 328 cm³/mol. The number of rotatable bonds is 10. The minimum Gasteiger partial charge on any atom is -0.310 e. The maximum atomic E-state index is 9.75. The Morgan fingerprint density at radius 2 is 0.615 bits per heavy atom. The number of hydrogen-bond acceptors (Lipinski definition) is 4. The van der Waals surface area contributed by atoms with E-state index in [9.17, 15) is 10.5 Å². The van der Waals surface area contributed by atoms with Crippen molar-refractivity contribution in [3.8, 4) is 56.6 Å². The molecule has 0 aromatic heterocycles. The second kappa shape index (κ2) is 19.8. The molecule has 374 valence electrons. The summed E-state index contributed by atoms with van der Waals surface area (Å²) in [6, 6.07) is 91.9. The second-order valence-electron chi connectivity index (χ2n) is 22.5. The fourth-order valence-electron chi connectivity index (χ4n) is 11.1. The molecule has 0 heterocycles. The van der Waals surface area contributed by atoms with Crippen molar-refractivity contribution in [1.82, 2.24) is 0 Å². The number of benzene rings is 12. The van der Waals surface area contributed by atoms with Gasteiger partial charge in [0, 0.05) is 33.5 Å². The van der Waals surface area contributed by atoms with E-state index in [2.05, 4.69) is 282 Å². The Bertz CT molecular complexity index is 3970. The van der Waals surface area contributed by atoms with Crippen LogP contribution in [-0.4, -0.2) is 0 Å². The molecule has 0 aliphatic heterocycles. The van der Waals surface area contributed by atoms with Gasteiger partial charge in [-0.2, -0.15) is 10.5 Å². The van der Waals surface area contributed by atoms with Gasteiger partial charge in [0.2, 0.25) is 0 Å². The topological polar surface area (TPSA) is 54.1 Å². The third kappa shape index (κ3) is 9.29. The van der Waals surface area contributed by atoms with Crippen molar-refractivity contribution in [3.05, 3.63) is 265 Å². The molecule has 4 heteroatoms. The van der Waals surface area contributed by atoms with E-state index in [-0.39, 0.29) is 10.8 Å². The summed E-state index contributed by atoms with van der Waals surface area (Å²) in [7, 11) is 0. The summed E-state index contributed by atoms with van der Waals surface area (Å²) in [6.45, 7) is 13.6. The van der Waals surface area contributed by atoms with Crippen LogP contribution in [0.1, 0.15) is 63.8 Å². The van der Waals surface area contributed by atoms with Gasteiger partial charge in [0.05, 0.1) is 34.6 Å². The van der Waals surface area contributed by atoms with E-state index in [4.69, 9.17) is 0 Å². The largest absolute Gasteiger partial charge is 0.310 e. The average molecular weight is 1000 g/mol. The van der Waals surface area contributed by atoms with Crippen LogP contribution < -0.4 is 9.80 Å². The summed E-state index contributed by atoms with van der Waals surface area (Å²) in [5.74, 6) is 0. The number of anilines is 6. The van der Waals surface area contributed by atoms with Crippen molar-refractivity contribution in [2.45, 2.75) is 52.4 Å². The Morgan fingerprint density at radius 3 is 0.936 bits per heavy atom. The standard InChI is InChI=1S/C74H58N4/c1-73(2,3)61-29-33-63(34-30-61)77(65-43-57(51-13-9-7-10-14-51)41-59(45-65)53-21-17-49(47-75)18-22-53)69-39-27-55-26-38-68-70(40-28-56-25-37-67(69)71(55)72(56)68)78(64-35-31-62(32-36-64)74(4,5)6)66-44-58(52-15-11-8-12-16-52)42-60(46-66)54-23-19-50(48-76)20-24-54/h7-46H,1-6H3. The van der Waals surface area contributed by atoms with Crippen LogP contribution in [0.3, 0.4) is 0 Å². The first kappa shape index (κ1) is 49.2. The molecule has 0 saturated heterocycles. The molecule has 0 saturated carbocycles. The van der Waals surface area contributed by atoms with E-state index in [1.807, 2.05) is 24.3 Å². The first-order valence-electron chi connectivity index (χ1n) is 26.8. The molecule has 0 atom stereocenters. The van der Waals surface area contributed by atoms with Gasteiger partial charge in [-0.3, -0.25) is 0 Å². The van der Waals surface area contributed by atoms with Gasteiger partial charge < -0.3 is 9.80 Å². The van der Waals surface area contributed by atoms with Crippen molar-refractivity contribution in [3.63, 3.8) is 0 Å². The molecule has 0 N–H and O–H groups in total. The molecule has 0 aliphatic rings. The average Bonchev–Trinajstić information content (AvgIpc) is 3.65. The number of nitriles is 2. The minimum absolute atomic E-state index is 0.0272. The Balaban J connectivity index is 1.11. The van der Waals surface area contributed by atoms with Crippen molar-refractivity contribution in [2.24, 2.45) is 0 Å². The Labute approximate surface area is 458 Å². The van der Waals surface area contributed by atoms with Crippen LogP contribution in [0.15, 0.2) is 243 Å². The maximum Gasteiger partial charge on any atom is 0.0991 e. The highest BCUT2D eigenvalue weighted by molar-refractivity contribution is 6.28. The molecule has 0 amide bonds. The summed E-state index contributed by atoms with van der Waals surface area (Å²) < 4.78 is 0. The summed E-state index contributed by atoms with van der Waals surface area (Å²) in [5.41, 5.74) is 18.7. The molecule has 12 aromatic rings. The number of hydrogen-bond donors (Lipinski definition) is 0. The molecular weight excluding hydrogens is 945 g/mol. The van der Waals surface area contributed by atoms with Crippen LogP contribution >= 0.6 is 0 Å². The molecule has 12 aromatic carbocycles. The highest BCUT2D eigenvalue weighted by atomic mass is 15.2. The molecule has 0 bridgehead atoms. The molecule has 0 unspecified atom stereocenters. The molecule has 0 aliphatic carbocycles. The molecule has 12 rings (SSSR count). The van der Waals surface area contributed by atoms with E-state index in [0.29, 0.717) is 11.1 Å². The van der Waals surface area contributed by atoms with Crippen LogP contribution in [0.4, 0.5) is 34.1 Å². The second-order valence-corrected chi connectivity index (χ2v) is 22.5. The summed E-state index contributed by atoms with van der Waals surface area (Å²) in [4.78, 5) is 4.86. The van der Waals surface area contributed by atoms with Crippen molar-refractivity contribution < 1.29 is 0 Å². The van der Waals surface area contributed by atoms with Gasteiger partial charge in [0.1, 0.15) is 0 Å². The van der Waals surface area contributed by atoms with Gasteiger partial charge in [-0.1, -0.05) is 187 Å². The highest BCUT2D eigenvalue weighted by Crippen LogP contribution is 2.50. The van der Waals surface area contributed by atoms with E-state index < -0.39 is 0 Å². The van der Waals surface area contributed by atoms with Gasteiger partial charge >= 0.3 is 0 Å². The molecule has 0 radical (unpaired) electrons. The van der Waals surface area contributed by atoms with Crippen molar-refractivity contribution in [2.75, 3.05) is 9.80 Å². The van der Waals surface area contributed by atoms with Crippen LogP contribution in [0.25, 0.3) is 76.8 Å². The van der Waals surface area contributed by atoms with Crippen LogP contribution in [0, 0.1) is 22.7 Å². The molecule has 0 fully saturated rings. The zero-order valence-electron chi connectivity index (χ0n) is 44.9. The summed E-state index contributed by atoms with van der Waals surface area (Å²) >= 11 is 0. The lowest BCUT2D eigenvalue weighted by Crippen LogP contribution is -2.14. The summed E-state index contributed by atoms with van der Waals surface area (Å²) in [6.07, 6.45) is 0. The van der Waals surface area contributed by atoms with Crippen molar-refractivity contribution in [1.29, 1.82) is 10.5 Å². The summed E-state index contributed by atoms with van der Waals surface area (Å²) in [5, 5.41) is 26.5. The van der Waals surface area contributed by atoms with Gasteiger partial charge in [-0.25, -0.2) is 0 Å². The molecular formula is C74H58N4.